The quantitative estimate of drug-likeness (QED) is 0.184. The average Bonchev–Trinajstić information content (AvgIpc) is 3.89. The van der Waals surface area contributed by atoms with Crippen molar-refractivity contribution in [3.63, 3.8) is 0 Å². The van der Waals surface area contributed by atoms with Crippen LogP contribution in [-0.2, 0) is 0 Å². The maximum Gasteiger partial charge on any atom is 0.101 e. The monoisotopic (exact) mass is 699 g/mol. The van der Waals surface area contributed by atoms with Crippen molar-refractivity contribution in [2.75, 3.05) is 0 Å². The molecule has 0 radical (unpaired) electrons. The summed E-state index contributed by atoms with van der Waals surface area (Å²) in [6.07, 6.45) is 0. The third kappa shape index (κ3) is 4.39. The van der Waals surface area contributed by atoms with Crippen LogP contribution < -0.4 is 0 Å². The first-order valence-electron chi connectivity index (χ1n) is 18.3. The van der Waals surface area contributed by atoms with Gasteiger partial charge in [-0.25, -0.2) is 0 Å². The number of nitrogens with zero attached hydrogens (tertiary/aromatic N) is 5. The van der Waals surface area contributed by atoms with Crippen LogP contribution in [0.5, 0.6) is 0 Å². The van der Waals surface area contributed by atoms with Gasteiger partial charge in [-0.05, 0) is 77.9 Å². The van der Waals surface area contributed by atoms with Crippen LogP contribution in [0.4, 0.5) is 0 Å². The normalized spacial score (nSPS) is 11.6. The van der Waals surface area contributed by atoms with Crippen LogP contribution in [0.2, 0.25) is 0 Å². The minimum absolute atomic E-state index is 0.596. The van der Waals surface area contributed by atoms with E-state index in [1.807, 2.05) is 36.4 Å². The summed E-state index contributed by atoms with van der Waals surface area (Å²) in [5.74, 6) is 0. The van der Waals surface area contributed by atoms with E-state index in [1.165, 1.54) is 10.8 Å². The lowest BCUT2D eigenvalue weighted by atomic mass is 10.0. The first-order valence-corrected chi connectivity index (χ1v) is 18.3. The zero-order chi connectivity index (χ0) is 36.6. The van der Waals surface area contributed by atoms with E-state index in [4.69, 9.17) is 0 Å². The zero-order valence-electron chi connectivity index (χ0n) is 29.5. The molecule has 0 aliphatic carbocycles. The number of fused-ring (bicyclic) bond motifs is 9. The highest BCUT2D eigenvalue weighted by atomic mass is 15.1. The summed E-state index contributed by atoms with van der Waals surface area (Å²) < 4.78 is 6.88. The number of para-hydroxylation sites is 5. The zero-order valence-corrected chi connectivity index (χ0v) is 29.5. The number of nitriles is 2. The van der Waals surface area contributed by atoms with Crippen molar-refractivity contribution in [1.29, 1.82) is 10.5 Å². The van der Waals surface area contributed by atoms with Crippen LogP contribution in [0, 0.1) is 22.7 Å². The van der Waals surface area contributed by atoms with Crippen LogP contribution in [0.25, 0.3) is 93.6 Å². The fraction of sp³-hybridized carbons (Fsp3) is 0. The molecule has 3 heterocycles. The molecule has 5 heteroatoms. The molecule has 0 amide bonds. The Labute approximate surface area is 316 Å². The molecule has 11 aromatic rings. The molecule has 0 spiro atoms. The predicted octanol–water partition coefficient (Wildman–Crippen LogP) is 12.4. The SMILES string of the molecule is N#Cc1ccc(-c2ccc(-n3c4ccccc4c4c(C#N)cccc43)cc2)cc1-n1c2ccccc2c2cccc(-n3c4ccccc4c4ccccc43)c21. The number of rotatable bonds is 4. The van der Waals surface area contributed by atoms with Crippen molar-refractivity contribution in [2.24, 2.45) is 0 Å². The van der Waals surface area contributed by atoms with E-state index in [1.54, 1.807) is 0 Å². The van der Waals surface area contributed by atoms with Gasteiger partial charge in [-0.15, -0.1) is 0 Å². The van der Waals surface area contributed by atoms with Gasteiger partial charge in [0, 0.05) is 38.0 Å². The molecule has 11 rings (SSSR count). The van der Waals surface area contributed by atoms with Gasteiger partial charge in [0.15, 0.2) is 0 Å². The van der Waals surface area contributed by atoms with E-state index < -0.39 is 0 Å². The number of hydrogen-bond donors (Lipinski definition) is 0. The molecule has 0 aliphatic heterocycles. The molecule has 0 fully saturated rings. The third-order valence-electron chi connectivity index (χ3n) is 11.1. The molecule has 0 unspecified atom stereocenters. The van der Waals surface area contributed by atoms with Gasteiger partial charge in [-0.1, -0.05) is 109 Å². The molecule has 8 aromatic carbocycles. The summed E-state index contributed by atoms with van der Waals surface area (Å²) in [5, 5.41) is 27.2. The molecule has 254 valence electrons. The Morgan fingerprint density at radius 2 is 0.855 bits per heavy atom. The first kappa shape index (κ1) is 30.7. The molecule has 5 nitrogen and oxygen atoms in total. The highest BCUT2D eigenvalue weighted by Gasteiger charge is 2.22. The van der Waals surface area contributed by atoms with Crippen molar-refractivity contribution in [2.45, 2.75) is 0 Å². The van der Waals surface area contributed by atoms with Gasteiger partial charge < -0.3 is 13.7 Å². The summed E-state index contributed by atoms with van der Waals surface area (Å²) in [5.41, 5.74) is 12.6. The topological polar surface area (TPSA) is 62.4 Å². The third-order valence-corrected chi connectivity index (χ3v) is 11.1. The van der Waals surface area contributed by atoms with Crippen LogP contribution in [0.1, 0.15) is 11.1 Å². The van der Waals surface area contributed by atoms with Gasteiger partial charge in [0.1, 0.15) is 6.07 Å². The maximum atomic E-state index is 10.6. The molecule has 55 heavy (non-hydrogen) atoms. The first-order chi connectivity index (χ1) is 27.2. The minimum Gasteiger partial charge on any atom is -0.309 e. The van der Waals surface area contributed by atoms with E-state index in [0.29, 0.717) is 11.1 Å². The van der Waals surface area contributed by atoms with Gasteiger partial charge in [-0.3, -0.25) is 0 Å². The Bertz CT molecular complexity index is 3400. The van der Waals surface area contributed by atoms with Crippen molar-refractivity contribution in [3.05, 3.63) is 187 Å². The largest absolute Gasteiger partial charge is 0.309 e. The highest BCUT2D eigenvalue weighted by molar-refractivity contribution is 6.15. The fourth-order valence-corrected chi connectivity index (χ4v) is 8.80. The molecular weight excluding hydrogens is 671 g/mol. The number of aromatic nitrogens is 3. The van der Waals surface area contributed by atoms with Gasteiger partial charge in [0.05, 0.1) is 61.7 Å². The molecule has 3 aromatic heterocycles. The fourth-order valence-electron chi connectivity index (χ4n) is 8.80. The molecule has 0 aliphatic rings. The van der Waals surface area contributed by atoms with E-state index in [2.05, 4.69) is 165 Å². The lowest BCUT2D eigenvalue weighted by Gasteiger charge is -2.16. The second-order valence-corrected chi connectivity index (χ2v) is 14.0. The summed E-state index contributed by atoms with van der Waals surface area (Å²) in [4.78, 5) is 0. The van der Waals surface area contributed by atoms with Gasteiger partial charge in [0.2, 0.25) is 0 Å². The number of benzene rings is 8. The Kier molecular flexibility index (Phi) is 6.61. The van der Waals surface area contributed by atoms with E-state index in [0.717, 1.165) is 82.8 Å². The van der Waals surface area contributed by atoms with E-state index in [-0.39, 0.29) is 0 Å². The lowest BCUT2D eigenvalue weighted by molar-refractivity contribution is 1.12. The number of hydrogen-bond acceptors (Lipinski definition) is 2. The molecule has 0 N–H and O–H groups in total. The van der Waals surface area contributed by atoms with E-state index in [9.17, 15) is 10.5 Å². The summed E-state index contributed by atoms with van der Waals surface area (Å²) >= 11 is 0. The van der Waals surface area contributed by atoms with Crippen LogP contribution in [0.15, 0.2) is 176 Å². The Morgan fingerprint density at radius 3 is 1.51 bits per heavy atom. The lowest BCUT2D eigenvalue weighted by Crippen LogP contribution is -2.02. The summed E-state index contributed by atoms with van der Waals surface area (Å²) in [6.45, 7) is 0. The van der Waals surface area contributed by atoms with Crippen LogP contribution in [0.3, 0.4) is 0 Å². The smallest absolute Gasteiger partial charge is 0.101 e. The van der Waals surface area contributed by atoms with Crippen LogP contribution in [-0.4, -0.2) is 13.7 Å². The van der Waals surface area contributed by atoms with E-state index >= 15 is 0 Å². The molecule has 0 atom stereocenters. The predicted molar refractivity (Wildman–Crippen MR) is 224 cm³/mol. The molecular formula is C50H29N5. The Hall–Kier alpha value is -7.86. The van der Waals surface area contributed by atoms with Crippen molar-refractivity contribution in [1.82, 2.24) is 13.7 Å². The molecule has 0 saturated heterocycles. The second kappa shape index (κ2) is 11.8. The standard InChI is InChI=1S/C50H29N5/c51-30-34-24-23-33(32-25-27-36(28-26-32)53-45-20-8-4-15-41(45)49-35(31-52)11-9-21-46(49)53)29-48(34)55-44-19-7-3-14-39(44)40-16-10-22-47(50(40)55)54-42-17-5-1-12-37(42)38-13-2-6-18-43(38)54/h1-29H. The average molecular weight is 700 g/mol. The molecule has 0 bridgehead atoms. The van der Waals surface area contributed by atoms with Gasteiger partial charge >= 0.3 is 0 Å². The van der Waals surface area contributed by atoms with Crippen molar-refractivity contribution >= 4 is 65.4 Å². The Morgan fingerprint density at radius 1 is 0.345 bits per heavy atom. The van der Waals surface area contributed by atoms with Crippen LogP contribution >= 0.6 is 0 Å². The summed E-state index contributed by atoms with van der Waals surface area (Å²) in [6, 6.07) is 65.9. The summed E-state index contributed by atoms with van der Waals surface area (Å²) in [7, 11) is 0. The van der Waals surface area contributed by atoms with Gasteiger partial charge in [0.25, 0.3) is 0 Å². The van der Waals surface area contributed by atoms with Gasteiger partial charge in [-0.2, -0.15) is 10.5 Å². The minimum atomic E-state index is 0.596. The van der Waals surface area contributed by atoms with Crippen molar-refractivity contribution < 1.29 is 0 Å². The molecule has 0 saturated carbocycles. The highest BCUT2D eigenvalue weighted by Crippen LogP contribution is 2.41. The second-order valence-electron chi connectivity index (χ2n) is 14.0. The maximum absolute atomic E-state index is 10.6. The Balaban J connectivity index is 1.13. The van der Waals surface area contributed by atoms with Crippen molar-refractivity contribution in [3.8, 4) is 40.3 Å².